The van der Waals surface area contributed by atoms with Crippen LogP contribution in [0.25, 0.3) is 0 Å². The van der Waals surface area contributed by atoms with Crippen LogP contribution in [0.15, 0.2) is 36.5 Å². The zero-order chi connectivity index (χ0) is 37.8. The van der Waals surface area contributed by atoms with Crippen molar-refractivity contribution in [3.63, 3.8) is 0 Å². The number of sulfonamides is 1. The van der Waals surface area contributed by atoms with Crippen LogP contribution in [0.5, 0.6) is 0 Å². The molecule has 9 nitrogen and oxygen atoms in total. The molecule has 1 spiro atoms. The summed E-state index contributed by atoms with van der Waals surface area (Å²) in [7, 11) is -2.14. The van der Waals surface area contributed by atoms with Gasteiger partial charge in [-0.2, -0.15) is 0 Å². The smallest absolute Gasteiger partial charge is 0.221 e. The minimum atomic E-state index is -3.72. The van der Waals surface area contributed by atoms with Gasteiger partial charge in [0.05, 0.1) is 17.6 Å². The van der Waals surface area contributed by atoms with Crippen molar-refractivity contribution in [2.45, 2.75) is 155 Å². The van der Waals surface area contributed by atoms with Gasteiger partial charge in [0.2, 0.25) is 10.0 Å². The highest BCUT2D eigenvalue weighted by Crippen LogP contribution is 2.68. The van der Waals surface area contributed by atoms with E-state index in [2.05, 4.69) is 101 Å². The van der Waals surface area contributed by atoms with E-state index < -0.39 is 21.6 Å². The second-order valence-corrected chi connectivity index (χ2v) is 21.9. The summed E-state index contributed by atoms with van der Waals surface area (Å²) >= 11 is 0. The van der Waals surface area contributed by atoms with E-state index in [1.165, 1.54) is 52.2 Å². The largest absolute Gasteiger partial charge is 0.368 e. The molecule has 4 bridgehead atoms. The van der Waals surface area contributed by atoms with Crippen molar-refractivity contribution < 1.29 is 17.9 Å². The number of pyridine rings is 1. The van der Waals surface area contributed by atoms with E-state index in [0.29, 0.717) is 42.6 Å². The van der Waals surface area contributed by atoms with Crippen LogP contribution in [0.1, 0.15) is 139 Å². The third kappa shape index (κ3) is 8.74. The summed E-state index contributed by atoms with van der Waals surface area (Å²) in [6, 6.07) is 11.0. The average molecular weight is 750 g/mol. The highest BCUT2D eigenvalue weighted by Gasteiger charge is 2.56. The SMILES string of the molecule is COCN1C2NC(CC(c3c(C)cccc3C)N2)OC[C@@H](CC(C)(C)C)N(Cc2ccc(C3CC4(C3)CC(C)(C)C4)cn2)CC2CCCC(C2)S1(=O)=O. The topological polar surface area (TPSA) is 96.0 Å². The van der Waals surface area contributed by atoms with Crippen LogP contribution in [0.4, 0.5) is 0 Å². The first-order chi connectivity index (χ1) is 25.0. The minimum absolute atomic E-state index is 0.0272. The van der Waals surface area contributed by atoms with Crippen LogP contribution >= 0.6 is 0 Å². The summed E-state index contributed by atoms with van der Waals surface area (Å²) in [4.78, 5) is 7.69. The van der Waals surface area contributed by atoms with Gasteiger partial charge in [-0.25, -0.2) is 8.42 Å². The first-order valence-corrected chi connectivity index (χ1v) is 21.9. The fourth-order valence-electron chi connectivity index (χ4n) is 11.3. The van der Waals surface area contributed by atoms with Gasteiger partial charge in [0.15, 0.2) is 0 Å². The highest BCUT2D eigenvalue weighted by molar-refractivity contribution is 7.89. The molecule has 5 fully saturated rings. The number of ether oxygens (including phenoxy) is 2. The van der Waals surface area contributed by atoms with Crippen LogP contribution < -0.4 is 10.6 Å². The predicted molar refractivity (Wildman–Crippen MR) is 211 cm³/mol. The number of hydrogen-bond acceptors (Lipinski definition) is 8. The number of aromatic nitrogens is 1. The Balaban J connectivity index is 1.18. The van der Waals surface area contributed by atoms with Crippen molar-refractivity contribution >= 4 is 10.0 Å². The zero-order valence-corrected chi connectivity index (χ0v) is 34.6. The van der Waals surface area contributed by atoms with Crippen LogP contribution in [0.2, 0.25) is 0 Å². The molecule has 6 atom stereocenters. The molecule has 0 amide bonds. The first kappa shape index (κ1) is 39.3. The molecule has 294 valence electrons. The van der Waals surface area contributed by atoms with Gasteiger partial charge in [-0.1, -0.05) is 65.3 Å². The summed E-state index contributed by atoms with van der Waals surface area (Å²) in [6.07, 6.45) is 11.3. The molecule has 1 aromatic carbocycles. The van der Waals surface area contributed by atoms with Gasteiger partial charge in [0.25, 0.3) is 0 Å². The van der Waals surface area contributed by atoms with Crippen molar-refractivity contribution in [1.82, 2.24) is 24.8 Å². The van der Waals surface area contributed by atoms with Crippen molar-refractivity contribution in [3.8, 4) is 0 Å². The first-order valence-electron chi connectivity index (χ1n) is 20.4. The molecule has 2 aromatic rings. The molecule has 7 rings (SSSR count). The number of rotatable bonds is 7. The lowest BCUT2D eigenvalue weighted by atomic mass is 9.43. The Morgan fingerprint density at radius 3 is 2.40 bits per heavy atom. The van der Waals surface area contributed by atoms with Gasteiger partial charge in [-0.05, 0) is 122 Å². The summed E-state index contributed by atoms with van der Waals surface area (Å²) in [5.41, 5.74) is 7.23. The van der Waals surface area contributed by atoms with E-state index >= 15 is 0 Å². The summed E-state index contributed by atoms with van der Waals surface area (Å²) in [5.74, 6) is 0.892. The third-order valence-electron chi connectivity index (χ3n) is 13.2. The van der Waals surface area contributed by atoms with E-state index in [1.807, 2.05) is 0 Å². The zero-order valence-electron chi connectivity index (χ0n) is 33.8. The fraction of sp³-hybridized carbons (Fsp3) is 0.744. The Morgan fingerprint density at radius 2 is 1.75 bits per heavy atom. The number of nitrogens with zero attached hydrogens (tertiary/aromatic N) is 3. The molecule has 5 aliphatic rings. The van der Waals surface area contributed by atoms with E-state index in [4.69, 9.17) is 14.5 Å². The van der Waals surface area contributed by atoms with Gasteiger partial charge >= 0.3 is 0 Å². The lowest BCUT2D eigenvalue weighted by Gasteiger charge is -2.62. The molecule has 5 unspecified atom stereocenters. The molecular weight excluding hydrogens is 683 g/mol. The van der Waals surface area contributed by atoms with Crippen molar-refractivity contribution in [3.05, 3.63) is 64.5 Å². The normalized spacial score (nSPS) is 32.2. The maximum Gasteiger partial charge on any atom is 0.221 e. The van der Waals surface area contributed by atoms with Crippen molar-refractivity contribution in [1.29, 1.82) is 0 Å². The van der Waals surface area contributed by atoms with E-state index in [-0.39, 0.29) is 36.4 Å². The third-order valence-corrected chi connectivity index (χ3v) is 15.4. The van der Waals surface area contributed by atoms with Crippen molar-refractivity contribution in [2.24, 2.45) is 22.2 Å². The summed E-state index contributed by atoms with van der Waals surface area (Å²) < 4.78 is 43.4. The van der Waals surface area contributed by atoms with Crippen LogP contribution in [-0.2, 0) is 26.0 Å². The van der Waals surface area contributed by atoms with Gasteiger partial charge < -0.3 is 9.47 Å². The van der Waals surface area contributed by atoms with Gasteiger partial charge in [0, 0.05) is 44.9 Å². The Morgan fingerprint density at radius 1 is 1.02 bits per heavy atom. The number of hydrogen-bond donors (Lipinski definition) is 2. The lowest BCUT2D eigenvalue weighted by molar-refractivity contribution is -0.0886. The number of fused-ring (bicyclic) bond motifs is 4. The number of methoxy groups -OCH3 is 1. The van der Waals surface area contributed by atoms with E-state index in [9.17, 15) is 8.42 Å². The van der Waals surface area contributed by atoms with Gasteiger partial charge in [0.1, 0.15) is 19.2 Å². The Kier molecular flexibility index (Phi) is 11.3. The molecule has 53 heavy (non-hydrogen) atoms. The lowest BCUT2D eigenvalue weighted by Crippen LogP contribution is -2.65. The van der Waals surface area contributed by atoms with Crippen LogP contribution in [-0.4, -0.2) is 73.4 Å². The quantitative estimate of drug-likeness (QED) is 0.297. The second kappa shape index (κ2) is 15.2. The Labute approximate surface area is 320 Å². The van der Waals surface area contributed by atoms with Crippen LogP contribution in [0, 0.1) is 36.0 Å². The highest BCUT2D eigenvalue weighted by atomic mass is 32.2. The molecule has 0 radical (unpaired) electrons. The maximum atomic E-state index is 14.6. The van der Waals surface area contributed by atoms with E-state index in [1.54, 1.807) is 7.11 Å². The number of nitrogens with one attached hydrogen (secondary N) is 2. The summed E-state index contributed by atoms with van der Waals surface area (Å²) in [5, 5.41) is 6.82. The van der Waals surface area contributed by atoms with E-state index in [0.717, 1.165) is 38.0 Å². The molecule has 3 saturated carbocycles. The molecule has 1 aromatic heterocycles. The monoisotopic (exact) mass is 749 g/mol. The van der Waals surface area contributed by atoms with Crippen LogP contribution in [0.3, 0.4) is 0 Å². The van der Waals surface area contributed by atoms with Gasteiger partial charge in [-0.15, -0.1) is 4.31 Å². The maximum absolute atomic E-state index is 14.6. The minimum Gasteiger partial charge on any atom is -0.368 e. The Hall–Kier alpha value is -1.92. The van der Waals surface area contributed by atoms with Gasteiger partial charge in [-0.3, -0.25) is 20.5 Å². The second-order valence-electron chi connectivity index (χ2n) is 19.7. The Bertz CT molecular complexity index is 1650. The molecule has 2 saturated heterocycles. The standard InChI is InChI=1S/C43H67N5O4S/c1-29-11-9-12-30(2)39(29)37-18-38-46-40(45-37)48(28-51-8)53(49,50)36-14-10-13-31(17-36)23-47(35(25-52-38)21-41(3,4)5)24-34-16-15-32(22-44-34)33-19-43(20-33)26-42(6,7)27-43/h9,11-12,15-16,22,31,33,35-38,40,45-46H,10,13-14,17-21,23-28H2,1-8H3/t31?,35-,36?,37?,38?,40?/m1/s1. The molecule has 3 heterocycles. The molecule has 2 N–H and O–H groups in total. The molecule has 3 aliphatic carbocycles. The number of benzene rings is 1. The molecule has 2 aliphatic heterocycles. The number of aryl methyl sites for hydroxylation is 2. The fourth-order valence-corrected chi connectivity index (χ4v) is 13.3. The molecular formula is C43H67N5O4S. The average Bonchev–Trinajstić information content (AvgIpc) is 3.06. The summed E-state index contributed by atoms with van der Waals surface area (Å²) in [6.45, 7) is 18.1. The molecule has 10 heteroatoms. The predicted octanol–water partition coefficient (Wildman–Crippen LogP) is 7.75. The van der Waals surface area contributed by atoms with Crippen molar-refractivity contribution in [2.75, 3.05) is 27.0 Å².